The Kier molecular flexibility index (Phi) is 3.50. The molecular weight excluding hydrogens is 305 g/mol. The van der Waals surface area contributed by atoms with Gasteiger partial charge < -0.3 is 0 Å². The Hall–Kier alpha value is -0.720. The van der Waals surface area contributed by atoms with Crippen molar-refractivity contribution in [1.29, 1.82) is 0 Å². The van der Waals surface area contributed by atoms with Gasteiger partial charge in [-0.05, 0) is 0 Å². The normalized spacial score (nSPS) is 20.9. The van der Waals surface area contributed by atoms with Crippen LogP contribution in [-0.4, -0.2) is 42.7 Å². The minimum atomic E-state index is 0.0306. The number of carbonyl (C=O) groups is 1. The predicted octanol–water partition coefficient (Wildman–Crippen LogP) is -2.59. The molecule has 0 bridgehead atoms. The quantitative estimate of drug-likeness (QED) is 0.444. The van der Waals surface area contributed by atoms with Crippen molar-refractivity contribution >= 4 is 5.91 Å². The van der Waals surface area contributed by atoms with Crippen LogP contribution in [0.15, 0.2) is 18.6 Å². The third-order valence-corrected chi connectivity index (χ3v) is 5.29. The van der Waals surface area contributed by atoms with Gasteiger partial charge in [-0.2, -0.15) is 0 Å². The van der Waals surface area contributed by atoms with Crippen molar-refractivity contribution in [2.45, 2.75) is 10.3 Å². The second-order valence-electron chi connectivity index (χ2n) is 3.45. The van der Waals surface area contributed by atoms with E-state index in [0.717, 1.165) is 23.4 Å². The third kappa shape index (κ3) is 2.45. The van der Waals surface area contributed by atoms with E-state index < -0.39 is 0 Å². The van der Waals surface area contributed by atoms with Gasteiger partial charge in [0, 0.05) is 0 Å². The first-order valence-electron chi connectivity index (χ1n) is 4.84. The molecule has 5 heteroatoms. The molecule has 0 N–H and O–H groups in total. The van der Waals surface area contributed by atoms with E-state index in [0.29, 0.717) is 5.69 Å². The molecule has 82 valence electrons. The number of alkyl halides is 2. The average Bonchev–Trinajstić information content (AvgIpc) is 2.78. The topological polar surface area (TPSA) is 46.1 Å². The molecule has 1 amide bonds. The van der Waals surface area contributed by atoms with Crippen LogP contribution in [0.25, 0.3) is 0 Å². The summed E-state index contributed by atoms with van der Waals surface area (Å²) in [7, 11) is 0. The maximum atomic E-state index is 11.9. The molecule has 1 fully saturated rings. The van der Waals surface area contributed by atoms with Crippen LogP contribution in [0, 0.1) is 0 Å². The number of halogens is 1. The molecule has 0 spiro atoms. The van der Waals surface area contributed by atoms with Crippen molar-refractivity contribution in [3.63, 3.8) is 0 Å². The molecule has 1 aromatic rings. The molecule has 1 atom stereocenters. The molecule has 0 saturated carbocycles. The molecular formula is C10H13IN3O-. The van der Waals surface area contributed by atoms with Crippen LogP contribution in [0.4, 0.5) is 0 Å². The summed E-state index contributed by atoms with van der Waals surface area (Å²) >= 11 is 0.251. The molecule has 0 aromatic carbocycles. The Balaban J connectivity index is 2.04. The molecule has 1 saturated heterocycles. The first kappa shape index (κ1) is 10.8. The van der Waals surface area contributed by atoms with Crippen molar-refractivity contribution in [2.24, 2.45) is 0 Å². The number of hydrogen-bond acceptors (Lipinski definition) is 3. The summed E-state index contributed by atoms with van der Waals surface area (Å²) < 4.78 is 0.768. The number of amides is 1. The Morgan fingerprint density at radius 2 is 2.47 bits per heavy atom. The second-order valence-corrected chi connectivity index (χ2v) is 6.45. The van der Waals surface area contributed by atoms with Crippen molar-refractivity contribution in [2.75, 3.05) is 18.0 Å². The van der Waals surface area contributed by atoms with E-state index >= 15 is 0 Å². The molecule has 2 heterocycles. The van der Waals surface area contributed by atoms with Crippen molar-refractivity contribution in [3.8, 4) is 0 Å². The molecule has 15 heavy (non-hydrogen) atoms. The van der Waals surface area contributed by atoms with E-state index in [1.165, 1.54) is 6.20 Å². The first-order valence-corrected chi connectivity index (χ1v) is 8.25. The number of likely N-dealkylation sites (tertiary alicyclic amines) is 1. The van der Waals surface area contributed by atoms with E-state index in [2.05, 4.69) is 14.9 Å². The third-order valence-electron chi connectivity index (χ3n) is 2.51. The summed E-state index contributed by atoms with van der Waals surface area (Å²) in [6.45, 7) is 1.80. The van der Waals surface area contributed by atoms with Gasteiger partial charge in [0.1, 0.15) is 0 Å². The summed E-state index contributed by atoms with van der Waals surface area (Å²) in [4.78, 5) is 24.1. The number of rotatable bonds is 2. The number of nitrogens with zero attached hydrogens (tertiary/aromatic N) is 3. The molecule has 1 aliphatic heterocycles. The van der Waals surface area contributed by atoms with Crippen molar-refractivity contribution in [3.05, 3.63) is 24.3 Å². The zero-order chi connectivity index (χ0) is 10.7. The maximum absolute atomic E-state index is 11.9. The Bertz CT molecular complexity index is 344. The van der Waals surface area contributed by atoms with Gasteiger partial charge in [-0.25, -0.2) is 0 Å². The van der Waals surface area contributed by atoms with E-state index in [4.69, 9.17) is 0 Å². The van der Waals surface area contributed by atoms with Crippen LogP contribution in [0.5, 0.6) is 0 Å². The predicted molar refractivity (Wildman–Crippen MR) is 52.3 cm³/mol. The summed E-state index contributed by atoms with van der Waals surface area (Å²) in [6.07, 6.45) is 5.85. The summed E-state index contributed by atoms with van der Waals surface area (Å²) in [5.41, 5.74) is 0.465. The average molecular weight is 318 g/mol. The van der Waals surface area contributed by atoms with E-state index in [-0.39, 0.29) is 27.1 Å². The van der Waals surface area contributed by atoms with Crippen LogP contribution in [0.2, 0.25) is 0 Å². The standard InChI is InChI=1S/C10H13IN3O/c1-11-8-2-5-14(7-8)10(15)9-6-12-3-4-13-9/h3-4,6,8H,2,5,7H2,1H3/q-1/t8-/m1/s1. The molecule has 2 rings (SSSR count). The second kappa shape index (κ2) is 4.87. The monoisotopic (exact) mass is 318 g/mol. The van der Waals surface area contributed by atoms with Crippen LogP contribution in [-0.2, 0) is 0 Å². The van der Waals surface area contributed by atoms with Gasteiger partial charge in [0.2, 0.25) is 0 Å². The van der Waals surface area contributed by atoms with E-state index in [9.17, 15) is 4.79 Å². The fourth-order valence-corrected chi connectivity index (χ4v) is 3.42. The fraction of sp³-hybridized carbons (Fsp3) is 0.500. The van der Waals surface area contributed by atoms with E-state index in [1.54, 1.807) is 12.4 Å². The summed E-state index contributed by atoms with van der Waals surface area (Å²) in [5, 5.41) is 0. The van der Waals surface area contributed by atoms with Gasteiger partial charge in [0.25, 0.3) is 0 Å². The summed E-state index contributed by atoms with van der Waals surface area (Å²) in [6, 6.07) is 0. The first-order chi connectivity index (χ1) is 7.31. The Morgan fingerprint density at radius 3 is 3.07 bits per heavy atom. The van der Waals surface area contributed by atoms with Gasteiger partial charge in [-0.1, -0.05) is 0 Å². The Morgan fingerprint density at radius 1 is 1.60 bits per heavy atom. The van der Waals surface area contributed by atoms with Crippen molar-refractivity contribution in [1.82, 2.24) is 14.9 Å². The van der Waals surface area contributed by atoms with Gasteiger partial charge in [-0.15, -0.1) is 0 Å². The molecule has 0 aliphatic carbocycles. The molecule has 0 radical (unpaired) electrons. The number of aromatic nitrogens is 2. The molecule has 4 nitrogen and oxygen atoms in total. The zero-order valence-electron chi connectivity index (χ0n) is 8.56. The van der Waals surface area contributed by atoms with Crippen molar-refractivity contribution < 1.29 is 26.0 Å². The van der Waals surface area contributed by atoms with Crippen LogP contribution < -0.4 is 21.2 Å². The Labute approximate surface area is 99.4 Å². The summed E-state index contributed by atoms with van der Waals surface area (Å²) in [5.74, 6) is 0.0306. The fourth-order valence-electron chi connectivity index (χ4n) is 1.65. The number of hydrogen-bond donors (Lipinski definition) is 0. The van der Waals surface area contributed by atoms with Gasteiger partial charge in [0.15, 0.2) is 0 Å². The SMILES string of the molecule is C[I-][C@@H]1CCN(C(=O)c2cnccn2)C1. The number of carbonyl (C=O) groups excluding carboxylic acids is 1. The minimum absolute atomic E-state index is 0.0306. The van der Waals surface area contributed by atoms with Crippen LogP contribution >= 0.6 is 0 Å². The van der Waals surface area contributed by atoms with Gasteiger partial charge >= 0.3 is 99.4 Å². The van der Waals surface area contributed by atoms with Gasteiger partial charge in [-0.3, -0.25) is 0 Å². The zero-order valence-corrected chi connectivity index (χ0v) is 10.7. The van der Waals surface area contributed by atoms with Gasteiger partial charge in [0.05, 0.1) is 0 Å². The van der Waals surface area contributed by atoms with E-state index in [1.807, 2.05) is 4.90 Å². The van der Waals surface area contributed by atoms with Crippen LogP contribution in [0.3, 0.4) is 0 Å². The van der Waals surface area contributed by atoms with Crippen LogP contribution in [0.1, 0.15) is 16.9 Å². The molecule has 1 aliphatic rings. The molecule has 1 aromatic heterocycles. The molecule has 0 unspecified atom stereocenters.